The lowest BCUT2D eigenvalue weighted by atomic mass is 10.2. The molecule has 19 heavy (non-hydrogen) atoms. The van der Waals surface area contributed by atoms with Gasteiger partial charge in [0.2, 0.25) is 0 Å². The van der Waals surface area contributed by atoms with E-state index < -0.39 is 0 Å². The summed E-state index contributed by atoms with van der Waals surface area (Å²) in [5, 5.41) is 12.4. The number of rotatable bonds is 3. The first-order valence-electron chi connectivity index (χ1n) is 5.96. The molecule has 0 saturated carbocycles. The molecule has 0 aliphatic heterocycles. The van der Waals surface area contributed by atoms with Gasteiger partial charge in [-0.05, 0) is 30.7 Å². The van der Waals surface area contributed by atoms with Crippen LogP contribution in [0.15, 0.2) is 40.9 Å². The van der Waals surface area contributed by atoms with Gasteiger partial charge in [0.25, 0.3) is 6.01 Å². The second-order valence-electron chi connectivity index (χ2n) is 4.33. The van der Waals surface area contributed by atoms with Crippen LogP contribution in [-0.2, 0) is 6.54 Å². The Hall–Kier alpha value is -2.56. The Morgan fingerprint density at radius 2 is 2.16 bits per heavy atom. The molecule has 0 saturated heterocycles. The zero-order valence-corrected chi connectivity index (χ0v) is 10.4. The molecule has 0 atom stereocenters. The van der Waals surface area contributed by atoms with E-state index in [4.69, 9.17) is 4.42 Å². The molecule has 0 bridgehead atoms. The van der Waals surface area contributed by atoms with Gasteiger partial charge in [-0.3, -0.25) is 4.98 Å². The summed E-state index contributed by atoms with van der Waals surface area (Å²) >= 11 is 0. The molecular formula is C14H13N3O2. The van der Waals surface area contributed by atoms with Gasteiger partial charge >= 0.3 is 0 Å². The van der Waals surface area contributed by atoms with Crippen molar-refractivity contribution < 1.29 is 9.52 Å². The van der Waals surface area contributed by atoms with Crippen LogP contribution >= 0.6 is 0 Å². The van der Waals surface area contributed by atoms with Crippen molar-refractivity contribution in [2.24, 2.45) is 0 Å². The molecule has 3 rings (SSSR count). The highest BCUT2D eigenvalue weighted by molar-refractivity contribution is 5.75. The molecule has 2 heterocycles. The minimum absolute atomic E-state index is 0.165. The third-order valence-electron chi connectivity index (χ3n) is 2.79. The van der Waals surface area contributed by atoms with Crippen LogP contribution in [0.5, 0.6) is 5.75 Å². The number of nitrogens with zero attached hydrogens (tertiary/aromatic N) is 2. The summed E-state index contributed by atoms with van der Waals surface area (Å²) in [6.07, 6.45) is 1.82. The van der Waals surface area contributed by atoms with Crippen molar-refractivity contribution in [3.63, 3.8) is 0 Å². The Bertz CT molecular complexity index is 704. The Kier molecular flexibility index (Phi) is 2.79. The number of phenols is 1. The van der Waals surface area contributed by atoms with Crippen LogP contribution in [0.4, 0.5) is 6.01 Å². The van der Waals surface area contributed by atoms with Gasteiger partial charge in [-0.2, -0.15) is 4.98 Å². The summed E-state index contributed by atoms with van der Waals surface area (Å²) in [4.78, 5) is 8.50. The van der Waals surface area contributed by atoms with E-state index in [0.29, 0.717) is 23.7 Å². The molecule has 0 amide bonds. The number of pyridine rings is 1. The Balaban J connectivity index is 1.76. The van der Waals surface area contributed by atoms with Gasteiger partial charge in [0.1, 0.15) is 11.3 Å². The highest BCUT2D eigenvalue weighted by atomic mass is 16.4. The smallest absolute Gasteiger partial charge is 0.295 e. The summed E-state index contributed by atoms with van der Waals surface area (Å²) in [5.74, 6) is 0.165. The monoisotopic (exact) mass is 255 g/mol. The zero-order chi connectivity index (χ0) is 13.2. The standard InChI is InChI=1S/C14H13N3O2/c1-9-2-3-10(7-15-9)8-16-14-17-12-5-4-11(18)6-13(12)19-14/h2-7,18H,8H2,1H3,(H,16,17). The van der Waals surface area contributed by atoms with E-state index in [9.17, 15) is 5.11 Å². The minimum Gasteiger partial charge on any atom is -0.508 e. The number of anilines is 1. The normalized spacial score (nSPS) is 10.8. The predicted molar refractivity (Wildman–Crippen MR) is 72.0 cm³/mol. The number of benzene rings is 1. The summed E-state index contributed by atoms with van der Waals surface area (Å²) < 4.78 is 5.49. The van der Waals surface area contributed by atoms with Crippen molar-refractivity contribution in [3.05, 3.63) is 47.8 Å². The third kappa shape index (κ3) is 2.49. The van der Waals surface area contributed by atoms with Crippen LogP contribution in [0, 0.1) is 6.92 Å². The SMILES string of the molecule is Cc1ccc(CNc2nc3ccc(O)cc3o2)cn1. The van der Waals surface area contributed by atoms with Crippen LogP contribution in [0.2, 0.25) is 0 Å². The predicted octanol–water partition coefficient (Wildman–Crippen LogP) is 2.85. The molecule has 96 valence electrons. The molecule has 0 spiro atoms. The fourth-order valence-corrected chi connectivity index (χ4v) is 1.77. The zero-order valence-electron chi connectivity index (χ0n) is 10.4. The van der Waals surface area contributed by atoms with Gasteiger partial charge in [0.05, 0.1) is 0 Å². The molecule has 0 radical (unpaired) electrons. The van der Waals surface area contributed by atoms with Crippen LogP contribution in [-0.4, -0.2) is 15.1 Å². The van der Waals surface area contributed by atoms with Crippen LogP contribution in [0.3, 0.4) is 0 Å². The van der Waals surface area contributed by atoms with Crippen molar-refractivity contribution in [1.29, 1.82) is 0 Å². The molecule has 3 aromatic rings. The number of aryl methyl sites for hydroxylation is 1. The average Bonchev–Trinajstić information content (AvgIpc) is 2.80. The van der Waals surface area contributed by atoms with E-state index in [0.717, 1.165) is 11.3 Å². The molecule has 5 heteroatoms. The third-order valence-corrected chi connectivity index (χ3v) is 2.79. The number of nitrogens with one attached hydrogen (secondary N) is 1. The Morgan fingerprint density at radius 1 is 1.26 bits per heavy atom. The maximum Gasteiger partial charge on any atom is 0.295 e. The second-order valence-corrected chi connectivity index (χ2v) is 4.33. The lowest BCUT2D eigenvalue weighted by Gasteiger charge is -2.01. The fourth-order valence-electron chi connectivity index (χ4n) is 1.77. The van der Waals surface area contributed by atoms with E-state index in [2.05, 4.69) is 15.3 Å². The maximum atomic E-state index is 9.36. The lowest BCUT2D eigenvalue weighted by molar-refractivity contribution is 0.474. The van der Waals surface area contributed by atoms with Crippen LogP contribution in [0.1, 0.15) is 11.3 Å². The summed E-state index contributed by atoms with van der Waals surface area (Å²) in [5.41, 5.74) is 3.31. The Labute approximate surface area is 109 Å². The number of aromatic hydroxyl groups is 1. The molecule has 0 fully saturated rings. The summed E-state index contributed by atoms with van der Waals surface area (Å²) in [6, 6.07) is 9.23. The molecule has 0 aliphatic carbocycles. The molecule has 5 nitrogen and oxygen atoms in total. The van der Waals surface area contributed by atoms with Gasteiger partial charge in [0, 0.05) is 24.5 Å². The van der Waals surface area contributed by atoms with Crippen molar-refractivity contribution in [1.82, 2.24) is 9.97 Å². The molecule has 0 unspecified atom stereocenters. The van der Waals surface area contributed by atoms with E-state index in [-0.39, 0.29) is 5.75 Å². The van der Waals surface area contributed by atoms with Gasteiger partial charge in [-0.15, -0.1) is 0 Å². The van der Waals surface area contributed by atoms with Gasteiger partial charge in [-0.1, -0.05) is 6.07 Å². The van der Waals surface area contributed by atoms with Gasteiger partial charge < -0.3 is 14.8 Å². The Morgan fingerprint density at radius 3 is 2.95 bits per heavy atom. The number of hydrogen-bond donors (Lipinski definition) is 2. The van der Waals surface area contributed by atoms with Crippen LogP contribution < -0.4 is 5.32 Å². The number of aromatic nitrogens is 2. The van der Waals surface area contributed by atoms with Crippen molar-refractivity contribution in [3.8, 4) is 5.75 Å². The topological polar surface area (TPSA) is 71.2 Å². The van der Waals surface area contributed by atoms with E-state index in [1.807, 2.05) is 25.3 Å². The largest absolute Gasteiger partial charge is 0.508 e. The molecule has 1 aromatic carbocycles. The number of phenolic OH excluding ortho intramolecular Hbond substituents is 1. The van der Waals surface area contributed by atoms with Crippen molar-refractivity contribution in [2.75, 3.05) is 5.32 Å². The summed E-state index contributed by atoms with van der Waals surface area (Å²) in [6.45, 7) is 2.54. The van der Waals surface area contributed by atoms with Crippen molar-refractivity contribution >= 4 is 17.1 Å². The van der Waals surface area contributed by atoms with E-state index >= 15 is 0 Å². The maximum absolute atomic E-state index is 9.36. The minimum atomic E-state index is 0.165. The van der Waals surface area contributed by atoms with Gasteiger partial charge in [-0.25, -0.2) is 0 Å². The first-order chi connectivity index (χ1) is 9.20. The quantitative estimate of drug-likeness (QED) is 0.753. The van der Waals surface area contributed by atoms with Gasteiger partial charge in [0.15, 0.2) is 5.58 Å². The number of oxazole rings is 1. The van der Waals surface area contributed by atoms with Crippen molar-refractivity contribution in [2.45, 2.75) is 13.5 Å². The highest BCUT2D eigenvalue weighted by Crippen LogP contribution is 2.23. The number of fused-ring (bicyclic) bond motifs is 1. The summed E-state index contributed by atoms with van der Waals surface area (Å²) in [7, 11) is 0. The highest BCUT2D eigenvalue weighted by Gasteiger charge is 2.05. The average molecular weight is 255 g/mol. The first-order valence-corrected chi connectivity index (χ1v) is 5.96. The first kappa shape index (κ1) is 11.5. The molecule has 2 N–H and O–H groups in total. The second kappa shape index (κ2) is 4.61. The van der Waals surface area contributed by atoms with E-state index in [1.54, 1.807) is 18.2 Å². The number of hydrogen-bond acceptors (Lipinski definition) is 5. The lowest BCUT2D eigenvalue weighted by Crippen LogP contribution is -2.00. The van der Waals surface area contributed by atoms with E-state index in [1.165, 1.54) is 0 Å². The van der Waals surface area contributed by atoms with Crippen LogP contribution in [0.25, 0.3) is 11.1 Å². The molecule has 2 aromatic heterocycles. The molecule has 0 aliphatic rings. The fraction of sp³-hybridized carbons (Fsp3) is 0.143. The molecular weight excluding hydrogens is 242 g/mol.